The fourth-order valence-corrected chi connectivity index (χ4v) is 10.9. The van der Waals surface area contributed by atoms with Gasteiger partial charge in [0.25, 0.3) is 0 Å². The first-order chi connectivity index (χ1) is 16.9. The smallest absolute Gasteiger partial charge is 0.302 e. The Labute approximate surface area is 219 Å². The lowest BCUT2D eigenvalue weighted by Gasteiger charge is -2.62. The number of rotatable bonds is 3. The van der Waals surface area contributed by atoms with E-state index < -0.39 is 5.60 Å². The third-order valence-corrected chi connectivity index (χ3v) is 12.6. The number of ether oxygens (including phenoxy) is 1. The zero-order valence-corrected chi connectivity index (χ0v) is 23.7. The summed E-state index contributed by atoms with van der Waals surface area (Å²) in [6, 6.07) is -0.0608. The van der Waals surface area contributed by atoms with Crippen LogP contribution in [0.5, 0.6) is 0 Å². The third-order valence-electron chi connectivity index (χ3n) is 12.6. The number of esters is 1. The summed E-state index contributed by atoms with van der Waals surface area (Å²) in [5, 5.41) is 12.2. The van der Waals surface area contributed by atoms with Gasteiger partial charge < -0.3 is 14.7 Å². The van der Waals surface area contributed by atoms with E-state index in [4.69, 9.17) is 4.74 Å². The second-order valence-electron chi connectivity index (χ2n) is 14.4. The zero-order valence-electron chi connectivity index (χ0n) is 23.7. The van der Waals surface area contributed by atoms with Crippen LogP contribution in [0, 0.1) is 46.3 Å². The molecule has 0 bridgehead atoms. The zero-order chi connectivity index (χ0) is 26.0. The van der Waals surface area contributed by atoms with Gasteiger partial charge in [-0.2, -0.15) is 0 Å². The number of carbonyl (C=O) groups is 2. The number of hydrogen-bond donors (Lipinski definition) is 1. The summed E-state index contributed by atoms with van der Waals surface area (Å²) in [5.74, 6) is 3.57. The van der Waals surface area contributed by atoms with Gasteiger partial charge in [0, 0.05) is 20.4 Å². The molecule has 4 aliphatic carbocycles. The normalized spacial score (nSPS) is 48.2. The molecule has 5 fully saturated rings. The summed E-state index contributed by atoms with van der Waals surface area (Å²) in [4.78, 5) is 26.2. The van der Waals surface area contributed by atoms with E-state index in [0.29, 0.717) is 23.2 Å². The number of carbonyl (C=O) groups excluding carboxylic acids is 2. The monoisotopic (exact) mass is 501 g/mol. The van der Waals surface area contributed by atoms with Crippen molar-refractivity contribution in [2.45, 2.75) is 130 Å². The van der Waals surface area contributed by atoms with E-state index in [1.54, 1.807) is 13.8 Å². The minimum Gasteiger partial charge on any atom is -0.463 e. The number of amides is 1. The quantitative estimate of drug-likeness (QED) is 0.484. The molecule has 4 saturated carbocycles. The van der Waals surface area contributed by atoms with Crippen molar-refractivity contribution in [1.82, 2.24) is 4.90 Å². The van der Waals surface area contributed by atoms with E-state index >= 15 is 0 Å². The van der Waals surface area contributed by atoms with Crippen molar-refractivity contribution in [1.29, 1.82) is 0 Å². The van der Waals surface area contributed by atoms with Gasteiger partial charge in [-0.25, -0.2) is 0 Å². The lowest BCUT2D eigenvalue weighted by atomic mass is 9.44. The van der Waals surface area contributed by atoms with Crippen LogP contribution in [-0.4, -0.2) is 46.2 Å². The van der Waals surface area contributed by atoms with E-state index in [9.17, 15) is 14.7 Å². The number of piperidine rings is 1. The first kappa shape index (κ1) is 26.5. The second-order valence-corrected chi connectivity index (χ2v) is 14.4. The summed E-state index contributed by atoms with van der Waals surface area (Å²) in [6.45, 7) is 13.4. The summed E-state index contributed by atoms with van der Waals surface area (Å²) in [7, 11) is 0. The Morgan fingerprint density at radius 2 is 1.61 bits per heavy atom. The van der Waals surface area contributed by atoms with Crippen LogP contribution in [-0.2, 0) is 14.3 Å². The molecule has 0 aromatic carbocycles. The van der Waals surface area contributed by atoms with Crippen molar-refractivity contribution < 1.29 is 19.4 Å². The molecule has 0 unspecified atom stereocenters. The van der Waals surface area contributed by atoms with Gasteiger partial charge in [0.15, 0.2) is 0 Å². The number of nitrogens with zero attached hydrogens (tertiary/aromatic N) is 1. The van der Waals surface area contributed by atoms with Crippen LogP contribution in [0.25, 0.3) is 0 Å². The standard InChI is InChI=1S/C31H51NO4/c1-19-7-12-28(32(18-19)20(2)33)31(6,35)27-11-10-25-24-9-8-22-17-23(36-21(3)34)13-15-29(22,4)26(24)14-16-30(25,27)5/h19,22-28,35H,7-18H2,1-6H3/t19-,22-,23-,24-,25-,26-,27-,28-,29-,30-,31+/m0/s1. The van der Waals surface area contributed by atoms with E-state index in [1.165, 1.54) is 38.5 Å². The summed E-state index contributed by atoms with van der Waals surface area (Å²) >= 11 is 0. The van der Waals surface area contributed by atoms with E-state index in [1.807, 2.05) is 4.90 Å². The van der Waals surface area contributed by atoms with Gasteiger partial charge in [-0.1, -0.05) is 20.8 Å². The molecule has 5 nitrogen and oxygen atoms in total. The number of fused-ring (bicyclic) bond motifs is 5. The highest BCUT2D eigenvalue weighted by Gasteiger charge is 2.64. The minimum absolute atomic E-state index is 0.0608. The SMILES string of the molecule is CC(=O)O[C@H]1CC[C@@]2(C)[C@@H](CC[C@@H]3[C@@H]2CC[C@]2(C)[C@@H]([C@@](C)(O)[C@@H]4CC[C@H](C)CN4C(C)=O)CC[C@@H]32)C1. The van der Waals surface area contributed by atoms with Gasteiger partial charge in [0.2, 0.25) is 5.91 Å². The lowest BCUT2D eigenvalue weighted by Crippen LogP contribution is -2.62. The van der Waals surface area contributed by atoms with Crippen LogP contribution in [0.1, 0.15) is 112 Å². The maximum atomic E-state index is 12.6. The highest BCUT2D eigenvalue weighted by atomic mass is 16.5. The highest BCUT2D eigenvalue weighted by Crippen LogP contribution is 2.69. The molecule has 1 heterocycles. The molecule has 0 spiro atoms. The van der Waals surface area contributed by atoms with E-state index in [2.05, 4.69) is 27.7 Å². The average molecular weight is 502 g/mol. The van der Waals surface area contributed by atoms with Gasteiger partial charge in [0.05, 0.1) is 11.6 Å². The Morgan fingerprint density at radius 1 is 0.917 bits per heavy atom. The van der Waals surface area contributed by atoms with Crippen molar-refractivity contribution in [3.05, 3.63) is 0 Å². The fourth-order valence-electron chi connectivity index (χ4n) is 10.9. The summed E-state index contributed by atoms with van der Waals surface area (Å²) in [5.41, 5.74) is -0.341. The molecule has 1 N–H and O–H groups in total. The Balaban J connectivity index is 1.35. The van der Waals surface area contributed by atoms with Gasteiger partial charge >= 0.3 is 5.97 Å². The Hall–Kier alpha value is -1.10. The fraction of sp³-hybridized carbons (Fsp3) is 0.935. The van der Waals surface area contributed by atoms with Gasteiger partial charge in [-0.05, 0) is 124 Å². The summed E-state index contributed by atoms with van der Waals surface area (Å²) in [6.07, 6.45) is 12.6. The number of aliphatic hydroxyl groups is 1. The van der Waals surface area contributed by atoms with Crippen LogP contribution in [0.4, 0.5) is 0 Å². The third kappa shape index (κ3) is 4.14. The van der Waals surface area contributed by atoms with Crippen molar-refractivity contribution in [3.8, 4) is 0 Å². The van der Waals surface area contributed by atoms with Gasteiger partial charge in [-0.15, -0.1) is 0 Å². The Kier molecular flexibility index (Phi) is 6.83. The van der Waals surface area contributed by atoms with Crippen molar-refractivity contribution in [2.75, 3.05) is 6.54 Å². The molecule has 1 aliphatic heterocycles. The molecule has 204 valence electrons. The van der Waals surface area contributed by atoms with Crippen LogP contribution in [0.3, 0.4) is 0 Å². The molecule has 36 heavy (non-hydrogen) atoms. The maximum absolute atomic E-state index is 12.6. The number of hydrogen-bond acceptors (Lipinski definition) is 4. The molecule has 0 aromatic heterocycles. The maximum Gasteiger partial charge on any atom is 0.302 e. The Morgan fingerprint density at radius 3 is 2.31 bits per heavy atom. The molecule has 1 amide bonds. The summed E-state index contributed by atoms with van der Waals surface area (Å²) < 4.78 is 5.65. The van der Waals surface area contributed by atoms with E-state index in [0.717, 1.165) is 50.5 Å². The molecule has 5 aliphatic rings. The highest BCUT2D eigenvalue weighted by molar-refractivity contribution is 5.74. The number of likely N-dealkylation sites (tertiary alicyclic amines) is 1. The van der Waals surface area contributed by atoms with E-state index in [-0.39, 0.29) is 35.4 Å². The second kappa shape index (κ2) is 9.27. The van der Waals surface area contributed by atoms with Gasteiger partial charge in [0.1, 0.15) is 6.10 Å². The molecule has 5 heteroatoms. The van der Waals surface area contributed by atoms with Gasteiger partial charge in [-0.3, -0.25) is 9.59 Å². The topological polar surface area (TPSA) is 66.8 Å². The van der Waals surface area contributed by atoms with Crippen molar-refractivity contribution in [3.63, 3.8) is 0 Å². The largest absolute Gasteiger partial charge is 0.463 e. The van der Waals surface area contributed by atoms with Crippen molar-refractivity contribution >= 4 is 11.9 Å². The minimum atomic E-state index is -0.842. The first-order valence-corrected chi connectivity index (χ1v) is 15.0. The molecule has 1 saturated heterocycles. The molecule has 0 aromatic rings. The van der Waals surface area contributed by atoms with Crippen LogP contribution in [0.2, 0.25) is 0 Å². The molecule has 11 atom stereocenters. The Bertz CT molecular complexity index is 871. The van der Waals surface area contributed by atoms with Crippen molar-refractivity contribution in [2.24, 2.45) is 46.3 Å². The van der Waals surface area contributed by atoms with Crippen LogP contribution >= 0.6 is 0 Å². The predicted octanol–water partition coefficient (Wildman–Crippen LogP) is 5.98. The molecular formula is C31H51NO4. The lowest BCUT2D eigenvalue weighted by molar-refractivity contribution is -0.173. The molecular weight excluding hydrogens is 450 g/mol. The molecule has 0 radical (unpaired) electrons. The van der Waals surface area contributed by atoms with Crippen LogP contribution in [0.15, 0.2) is 0 Å². The first-order valence-electron chi connectivity index (χ1n) is 15.0. The molecule has 5 rings (SSSR count). The average Bonchev–Trinajstić information content (AvgIpc) is 3.17. The van der Waals surface area contributed by atoms with Crippen LogP contribution < -0.4 is 0 Å². The predicted molar refractivity (Wildman–Crippen MR) is 141 cm³/mol.